The molecule has 1 heterocycles. The van der Waals surface area contributed by atoms with Crippen LogP contribution in [0.25, 0.3) is 0 Å². The predicted octanol–water partition coefficient (Wildman–Crippen LogP) is 2.80. The Labute approximate surface area is 149 Å². The third-order valence-corrected chi connectivity index (χ3v) is 4.18. The van der Waals surface area contributed by atoms with E-state index in [0.717, 1.165) is 11.3 Å². The van der Waals surface area contributed by atoms with Gasteiger partial charge in [-0.2, -0.15) is 5.10 Å². The number of anilines is 1. The largest absolute Gasteiger partial charge is 0.502 e. The first-order valence-corrected chi connectivity index (χ1v) is 8.20. The van der Waals surface area contributed by atoms with E-state index in [0.29, 0.717) is 27.9 Å². The molecule has 25 heavy (non-hydrogen) atoms. The molecule has 0 aliphatic rings. The molecule has 0 bridgehead atoms. The topological polar surface area (TPSA) is 102 Å². The van der Waals surface area contributed by atoms with Gasteiger partial charge in [-0.15, -0.1) is 0 Å². The molecule has 0 aliphatic carbocycles. The molecule has 2 rings (SSSR count). The minimum absolute atomic E-state index is 0.0789. The zero-order valence-corrected chi connectivity index (χ0v) is 15.1. The monoisotopic (exact) mass is 365 g/mol. The molecule has 0 spiro atoms. The third kappa shape index (κ3) is 4.38. The van der Waals surface area contributed by atoms with E-state index < -0.39 is 5.97 Å². The number of hydrogen-bond donors (Lipinski definition) is 2. The van der Waals surface area contributed by atoms with E-state index in [1.165, 1.54) is 20.4 Å². The summed E-state index contributed by atoms with van der Waals surface area (Å²) in [7, 11) is 2.89. The zero-order chi connectivity index (χ0) is 18.4. The van der Waals surface area contributed by atoms with Gasteiger partial charge in [0.15, 0.2) is 11.5 Å². The van der Waals surface area contributed by atoms with Crippen LogP contribution in [0.15, 0.2) is 17.2 Å². The normalized spacial score (nSPS) is 10.7. The van der Waals surface area contributed by atoms with Crippen LogP contribution in [-0.4, -0.2) is 43.1 Å². The Morgan fingerprint density at radius 2 is 2.00 bits per heavy atom. The average Bonchev–Trinajstić information content (AvgIpc) is 2.97. The van der Waals surface area contributed by atoms with Gasteiger partial charge in [-0.25, -0.2) is 9.78 Å². The number of esters is 1. The number of hydrazone groups is 1. The van der Waals surface area contributed by atoms with Gasteiger partial charge in [0.25, 0.3) is 0 Å². The first-order valence-electron chi connectivity index (χ1n) is 7.38. The second-order valence-corrected chi connectivity index (χ2v) is 5.80. The lowest BCUT2D eigenvalue weighted by atomic mass is 10.2. The number of aromatic nitrogens is 1. The molecular formula is C16H19N3O5S. The van der Waals surface area contributed by atoms with E-state index in [9.17, 15) is 9.90 Å². The summed E-state index contributed by atoms with van der Waals surface area (Å²) in [6.45, 7) is 3.78. The van der Waals surface area contributed by atoms with Crippen LogP contribution in [0.3, 0.4) is 0 Å². The summed E-state index contributed by atoms with van der Waals surface area (Å²) >= 11 is 1.16. The highest BCUT2D eigenvalue weighted by molar-refractivity contribution is 7.17. The maximum atomic E-state index is 11.8. The van der Waals surface area contributed by atoms with Crippen molar-refractivity contribution in [3.8, 4) is 17.2 Å². The first kappa shape index (κ1) is 18.5. The Morgan fingerprint density at radius 3 is 2.56 bits per heavy atom. The van der Waals surface area contributed by atoms with Gasteiger partial charge in [0.1, 0.15) is 4.88 Å². The molecule has 8 nitrogen and oxygen atoms in total. The minimum atomic E-state index is -0.400. The van der Waals surface area contributed by atoms with Crippen LogP contribution < -0.4 is 14.9 Å². The van der Waals surface area contributed by atoms with Gasteiger partial charge < -0.3 is 19.3 Å². The maximum Gasteiger partial charge on any atom is 0.350 e. The lowest BCUT2D eigenvalue weighted by molar-refractivity contribution is 0.0531. The number of benzene rings is 1. The number of nitrogens with zero attached hydrogens (tertiary/aromatic N) is 2. The molecule has 0 fully saturated rings. The number of rotatable bonds is 7. The molecule has 2 aromatic rings. The van der Waals surface area contributed by atoms with Gasteiger partial charge >= 0.3 is 5.97 Å². The highest BCUT2D eigenvalue weighted by Gasteiger charge is 2.16. The number of carbonyl (C=O) groups excluding carboxylic acids is 1. The molecule has 2 N–H and O–H groups in total. The Morgan fingerprint density at radius 1 is 1.36 bits per heavy atom. The molecule has 0 aliphatic heterocycles. The van der Waals surface area contributed by atoms with Crippen molar-refractivity contribution in [2.24, 2.45) is 5.10 Å². The lowest BCUT2D eigenvalue weighted by Gasteiger charge is -2.09. The van der Waals surface area contributed by atoms with Crippen molar-refractivity contribution < 1.29 is 24.1 Å². The molecule has 0 unspecified atom stereocenters. The number of methoxy groups -OCH3 is 2. The summed E-state index contributed by atoms with van der Waals surface area (Å²) in [4.78, 5) is 16.4. The van der Waals surface area contributed by atoms with Crippen LogP contribution in [0, 0.1) is 6.92 Å². The van der Waals surface area contributed by atoms with Crippen LogP contribution in [0.2, 0.25) is 0 Å². The SMILES string of the molecule is CCOC(=O)c1sc(N/N=C/c2cc(OC)c(O)c(OC)c2)nc1C. The number of aromatic hydroxyl groups is 1. The number of thiazole rings is 1. The lowest BCUT2D eigenvalue weighted by Crippen LogP contribution is -2.03. The van der Waals surface area contributed by atoms with E-state index >= 15 is 0 Å². The average molecular weight is 365 g/mol. The summed E-state index contributed by atoms with van der Waals surface area (Å²) in [5.74, 6) is 0.0678. The second kappa shape index (κ2) is 8.34. The number of phenols is 1. The van der Waals surface area contributed by atoms with Crippen molar-refractivity contribution in [1.82, 2.24) is 4.98 Å². The third-order valence-electron chi connectivity index (χ3n) is 3.13. The van der Waals surface area contributed by atoms with Crippen LogP contribution >= 0.6 is 11.3 Å². The molecule has 9 heteroatoms. The second-order valence-electron chi connectivity index (χ2n) is 4.80. The molecule has 0 radical (unpaired) electrons. The van der Waals surface area contributed by atoms with Crippen molar-refractivity contribution in [1.29, 1.82) is 0 Å². The van der Waals surface area contributed by atoms with Crippen molar-refractivity contribution in [3.05, 3.63) is 28.3 Å². The Kier molecular flexibility index (Phi) is 6.18. The summed E-state index contributed by atoms with van der Waals surface area (Å²) in [5.41, 5.74) is 3.99. The van der Waals surface area contributed by atoms with Crippen LogP contribution in [0.5, 0.6) is 17.2 Å². The first-order chi connectivity index (χ1) is 12.0. The standard InChI is InChI=1S/C16H19N3O5S/c1-5-24-15(21)14-9(2)18-16(25-14)19-17-8-10-6-11(22-3)13(20)12(7-10)23-4/h6-8,20H,5H2,1-4H3,(H,18,19)/b17-8+. The van der Waals surface area contributed by atoms with Crippen molar-refractivity contribution in [2.75, 3.05) is 26.3 Å². The van der Waals surface area contributed by atoms with Crippen molar-refractivity contribution in [2.45, 2.75) is 13.8 Å². The van der Waals surface area contributed by atoms with Crippen molar-refractivity contribution >= 4 is 28.7 Å². The molecule has 0 saturated heterocycles. The molecule has 0 atom stereocenters. The molecular weight excluding hydrogens is 346 g/mol. The quantitative estimate of drug-likeness (QED) is 0.442. The predicted molar refractivity (Wildman–Crippen MR) is 95.2 cm³/mol. The van der Waals surface area contributed by atoms with Crippen LogP contribution in [-0.2, 0) is 4.74 Å². The van der Waals surface area contributed by atoms with Crippen molar-refractivity contribution in [3.63, 3.8) is 0 Å². The van der Waals surface area contributed by atoms with Gasteiger partial charge in [-0.05, 0) is 26.0 Å². The molecule has 0 amide bonds. The maximum absolute atomic E-state index is 11.8. The Bertz CT molecular complexity index is 763. The van der Waals surface area contributed by atoms with Gasteiger partial charge in [0, 0.05) is 5.56 Å². The van der Waals surface area contributed by atoms with Gasteiger partial charge in [0.2, 0.25) is 10.9 Å². The summed E-state index contributed by atoms with van der Waals surface area (Å²) < 4.78 is 15.1. The molecule has 0 saturated carbocycles. The molecule has 134 valence electrons. The Hall–Kier alpha value is -2.81. The van der Waals surface area contributed by atoms with E-state index in [4.69, 9.17) is 14.2 Å². The van der Waals surface area contributed by atoms with E-state index in [-0.39, 0.29) is 17.2 Å². The van der Waals surface area contributed by atoms with Gasteiger partial charge in [-0.3, -0.25) is 5.43 Å². The number of ether oxygens (including phenoxy) is 3. The zero-order valence-electron chi connectivity index (χ0n) is 14.3. The fourth-order valence-electron chi connectivity index (χ4n) is 1.98. The summed E-state index contributed by atoms with van der Waals surface area (Å²) in [6.07, 6.45) is 1.52. The van der Waals surface area contributed by atoms with Crippen LogP contribution in [0.1, 0.15) is 27.9 Å². The number of phenolic OH excluding ortho intramolecular Hbond substituents is 1. The number of carbonyl (C=O) groups is 1. The van der Waals surface area contributed by atoms with E-state index in [1.807, 2.05) is 0 Å². The number of aryl methyl sites for hydroxylation is 1. The molecule has 1 aromatic heterocycles. The highest BCUT2D eigenvalue weighted by atomic mass is 32.1. The van der Waals surface area contributed by atoms with E-state index in [1.54, 1.807) is 26.0 Å². The van der Waals surface area contributed by atoms with Gasteiger partial charge in [-0.1, -0.05) is 11.3 Å². The minimum Gasteiger partial charge on any atom is -0.502 e. The Balaban J connectivity index is 2.14. The summed E-state index contributed by atoms with van der Waals surface area (Å²) in [6, 6.07) is 3.22. The van der Waals surface area contributed by atoms with E-state index in [2.05, 4.69) is 15.5 Å². The fourth-order valence-corrected chi connectivity index (χ4v) is 2.79. The van der Waals surface area contributed by atoms with Gasteiger partial charge in [0.05, 0.1) is 32.7 Å². The van der Waals surface area contributed by atoms with Crippen LogP contribution in [0.4, 0.5) is 5.13 Å². The number of nitrogens with one attached hydrogen (secondary N) is 1. The molecule has 1 aromatic carbocycles. The fraction of sp³-hybridized carbons (Fsp3) is 0.312. The highest BCUT2D eigenvalue weighted by Crippen LogP contribution is 2.36. The summed E-state index contributed by atoms with van der Waals surface area (Å²) in [5, 5.41) is 14.4. The number of hydrogen-bond acceptors (Lipinski definition) is 9. The smallest absolute Gasteiger partial charge is 0.350 e.